The molecule has 0 saturated heterocycles. The van der Waals surface area contributed by atoms with Crippen molar-refractivity contribution in [2.75, 3.05) is 13.2 Å². The smallest absolute Gasteiger partial charge is 0.259 e. The Morgan fingerprint density at radius 1 is 1.09 bits per heavy atom. The van der Waals surface area contributed by atoms with Crippen LogP contribution in [-0.2, 0) is 30.0 Å². The number of nitrogens with zero attached hydrogens (tertiary/aromatic N) is 2. The number of ether oxygens (including phenoxy) is 1. The van der Waals surface area contributed by atoms with E-state index < -0.39 is 10.0 Å². The van der Waals surface area contributed by atoms with Gasteiger partial charge in [-0.1, -0.05) is 55.3 Å². The number of sulfonamides is 1. The fourth-order valence-electron chi connectivity index (χ4n) is 5.28. The first kappa shape index (κ1) is 24.0. The zero-order valence-corrected chi connectivity index (χ0v) is 21.0. The predicted molar refractivity (Wildman–Crippen MR) is 136 cm³/mol. The highest BCUT2D eigenvalue weighted by atomic mass is 32.2. The van der Waals surface area contributed by atoms with Gasteiger partial charge in [-0.2, -0.15) is 0 Å². The third kappa shape index (κ3) is 5.77. The average molecular weight is 495 g/mol. The van der Waals surface area contributed by atoms with Crippen molar-refractivity contribution in [1.29, 1.82) is 0 Å². The highest BCUT2D eigenvalue weighted by Gasteiger charge is 2.32. The summed E-state index contributed by atoms with van der Waals surface area (Å²) < 4.78 is 35.8. The molecule has 0 unspecified atom stereocenters. The van der Waals surface area contributed by atoms with E-state index in [1.807, 2.05) is 18.2 Å². The summed E-state index contributed by atoms with van der Waals surface area (Å²) in [5.41, 5.74) is 3.33. The lowest BCUT2D eigenvalue weighted by Crippen LogP contribution is -2.45. The first-order valence-corrected chi connectivity index (χ1v) is 14.0. The van der Waals surface area contributed by atoms with Gasteiger partial charge in [0.05, 0.1) is 6.33 Å². The number of imidazole rings is 1. The second kappa shape index (κ2) is 10.5. The molecule has 1 fully saturated rings. The third-order valence-electron chi connectivity index (χ3n) is 7.24. The van der Waals surface area contributed by atoms with Crippen molar-refractivity contribution in [3.05, 3.63) is 77.7 Å². The molecular weight excluding hydrogens is 460 g/mol. The highest BCUT2D eigenvalue weighted by molar-refractivity contribution is 7.89. The third-order valence-corrected chi connectivity index (χ3v) is 8.53. The van der Waals surface area contributed by atoms with Gasteiger partial charge in [0, 0.05) is 31.7 Å². The normalized spacial score (nSPS) is 20.5. The van der Waals surface area contributed by atoms with Crippen LogP contribution in [0.3, 0.4) is 0 Å². The summed E-state index contributed by atoms with van der Waals surface area (Å²) in [4.78, 5) is 3.98. The first-order valence-electron chi connectivity index (χ1n) is 12.5. The van der Waals surface area contributed by atoms with Gasteiger partial charge in [-0.3, -0.25) is 0 Å². The number of aryl methyl sites for hydroxylation is 1. The molecule has 3 aromatic rings. The van der Waals surface area contributed by atoms with Crippen LogP contribution in [0.15, 0.2) is 66.1 Å². The summed E-state index contributed by atoms with van der Waals surface area (Å²) in [6.07, 6.45) is 9.17. The van der Waals surface area contributed by atoms with Crippen molar-refractivity contribution in [2.45, 2.75) is 55.6 Å². The Morgan fingerprint density at radius 2 is 1.89 bits per heavy atom. The number of nitrogens with one attached hydrogen (secondary N) is 2. The summed E-state index contributed by atoms with van der Waals surface area (Å²) in [6.45, 7) is 1.87. The van der Waals surface area contributed by atoms with Crippen LogP contribution in [0.25, 0.3) is 0 Å². The summed E-state index contributed by atoms with van der Waals surface area (Å²) >= 11 is 0. The summed E-state index contributed by atoms with van der Waals surface area (Å²) in [7, 11) is -1.93. The lowest BCUT2D eigenvalue weighted by atomic mass is 9.83. The topological polar surface area (TPSA) is 85.2 Å². The fourth-order valence-corrected chi connectivity index (χ4v) is 6.27. The molecule has 7 nitrogen and oxygen atoms in total. The molecule has 35 heavy (non-hydrogen) atoms. The zero-order chi connectivity index (χ0) is 24.3. The van der Waals surface area contributed by atoms with Crippen LogP contribution in [0.1, 0.15) is 48.3 Å². The van der Waals surface area contributed by atoms with Crippen molar-refractivity contribution in [3.8, 4) is 5.75 Å². The maximum Gasteiger partial charge on any atom is 0.259 e. The Hall–Kier alpha value is -2.68. The summed E-state index contributed by atoms with van der Waals surface area (Å²) in [6, 6.07) is 16.8. The van der Waals surface area contributed by atoms with Crippen molar-refractivity contribution >= 4 is 10.0 Å². The largest absolute Gasteiger partial charge is 0.492 e. The molecule has 2 aromatic carbocycles. The van der Waals surface area contributed by atoms with Gasteiger partial charge in [0.25, 0.3) is 10.0 Å². The quantitative estimate of drug-likeness (QED) is 0.473. The molecule has 186 valence electrons. The van der Waals surface area contributed by atoms with E-state index in [1.165, 1.54) is 43.8 Å². The van der Waals surface area contributed by atoms with Gasteiger partial charge < -0.3 is 14.6 Å². The molecule has 0 bridgehead atoms. The molecule has 2 N–H and O–H groups in total. The maximum absolute atomic E-state index is 12.7. The van der Waals surface area contributed by atoms with Crippen molar-refractivity contribution in [3.63, 3.8) is 0 Å². The molecule has 5 rings (SSSR count). The Morgan fingerprint density at radius 3 is 2.63 bits per heavy atom. The standard InChI is InChI=1S/C27H34N4O3S/c1-31-17-27(29-19-31)35(32,33)30-16-22-11-12-26-24(14-22)23(13-20-7-3-2-4-8-20)25(18-34-26)28-15-21-9-5-6-10-21/h2-4,7-8,11-12,14,17,19,21,23,25,28,30H,5-6,9-10,13,15-16,18H2,1H3/t23-,25+/m1/s1. The van der Waals surface area contributed by atoms with E-state index in [1.54, 1.807) is 11.6 Å². The van der Waals surface area contributed by atoms with E-state index in [9.17, 15) is 8.42 Å². The van der Waals surface area contributed by atoms with Gasteiger partial charge in [0.1, 0.15) is 12.4 Å². The van der Waals surface area contributed by atoms with E-state index >= 15 is 0 Å². The van der Waals surface area contributed by atoms with Crippen LogP contribution < -0.4 is 14.8 Å². The average Bonchev–Trinajstić information content (AvgIpc) is 3.55. The summed E-state index contributed by atoms with van der Waals surface area (Å²) in [5, 5.41) is 3.85. The molecule has 1 aromatic heterocycles. The molecule has 1 aliphatic carbocycles. The Balaban J connectivity index is 1.36. The molecule has 2 atom stereocenters. The number of fused-ring (bicyclic) bond motifs is 1. The number of benzene rings is 2. The van der Waals surface area contributed by atoms with Crippen LogP contribution in [0.4, 0.5) is 0 Å². The van der Waals surface area contributed by atoms with Gasteiger partial charge in [-0.05, 0) is 54.5 Å². The Kier molecular flexibility index (Phi) is 7.22. The van der Waals surface area contributed by atoms with Gasteiger partial charge >= 0.3 is 0 Å². The summed E-state index contributed by atoms with van der Waals surface area (Å²) in [5.74, 6) is 1.89. The van der Waals surface area contributed by atoms with Crippen LogP contribution in [0, 0.1) is 5.92 Å². The minimum Gasteiger partial charge on any atom is -0.492 e. The Bertz CT molecular complexity index is 1240. The van der Waals surface area contributed by atoms with Crippen LogP contribution in [0.5, 0.6) is 5.75 Å². The van der Waals surface area contributed by atoms with Gasteiger partial charge in [-0.15, -0.1) is 0 Å². The zero-order valence-electron chi connectivity index (χ0n) is 20.2. The SMILES string of the molecule is Cn1cnc(S(=O)(=O)NCc2ccc3c(c2)[C@@H](Cc2ccccc2)[C@@H](NCC2CCCC2)CO3)c1. The fraction of sp³-hybridized carbons (Fsp3) is 0.444. The molecule has 1 saturated carbocycles. The monoisotopic (exact) mass is 494 g/mol. The second-order valence-corrected chi connectivity index (χ2v) is 11.6. The van der Waals surface area contributed by atoms with Gasteiger partial charge in [0.15, 0.2) is 5.03 Å². The highest BCUT2D eigenvalue weighted by Crippen LogP contribution is 2.37. The Labute approximate surface area is 208 Å². The van der Waals surface area contributed by atoms with Gasteiger partial charge in [-0.25, -0.2) is 18.1 Å². The van der Waals surface area contributed by atoms with E-state index in [0.29, 0.717) is 6.61 Å². The molecule has 2 heterocycles. The number of rotatable bonds is 9. The number of aromatic nitrogens is 2. The van der Waals surface area contributed by atoms with Gasteiger partial charge in [0.2, 0.25) is 0 Å². The molecule has 0 amide bonds. The lowest BCUT2D eigenvalue weighted by Gasteiger charge is -2.35. The maximum atomic E-state index is 12.7. The van der Waals surface area contributed by atoms with E-state index in [2.05, 4.69) is 45.4 Å². The van der Waals surface area contributed by atoms with E-state index in [0.717, 1.165) is 35.8 Å². The van der Waals surface area contributed by atoms with E-state index in [4.69, 9.17) is 4.74 Å². The molecule has 0 radical (unpaired) electrons. The minimum atomic E-state index is -3.68. The molecular formula is C27H34N4O3S. The molecule has 1 aliphatic heterocycles. The van der Waals surface area contributed by atoms with Crippen LogP contribution in [0.2, 0.25) is 0 Å². The van der Waals surface area contributed by atoms with Crippen molar-refractivity contribution in [2.24, 2.45) is 13.0 Å². The van der Waals surface area contributed by atoms with Crippen molar-refractivity contribution in [1.82, 2.24) is 19.6 Å². The first-order chi connectivity index (χ1) is 17.0. The predicted octanol–water partition coefficient (Wildman–Crippen LogP) is 3.77. The molecule has 0 spiro atoms. The minimum absolute atomic E-state index is 0.0272. The van der Waals surface area contributed by atoms with Crippen molar-refractivity contribution < 1.29 is 13.2 Å². The lowest BCUT2D eigenvalue weighted by molar-refractivity contribution is 0.206. The van der Waals surface area contributed by atoms with Crippen LogP contribution >= 0.6 is 0 Å². The molecule has 8 heteroatoms. The van der Waals surface area contributed by atoms with Crippen LogP contribution in [-0.4, -0.2) is 37.2 Å². The number of hydrogen-bond acceptors (Lipinski definition) is 5. The number of hydrogen-bond donors (Lipinski definition) is 2. The molecule has 2 aliphatic rings. The van der Waals surface area contributed by atoms with E-state index in [-0.39, 0.29) is 23.5 Å². The second-order valence-electron chi connectivity index (χ2n) is 9.85.